The van der Waals surface area contributed by atoms with Crippen LogP contribution in [0.2, 0.25) is 0 Å². The van der Waals surface area contributed by atoms with Gasteiger partial charge in [-0.15, -0.1) is 0 Å². The van der Waals surface area contributed by atoms with E-state index in [0.717, 1.165) is 38.3 Å². The van der Waals surface area contributed by atoms with Crippen LogP contribution >= 0.6 is 0 Å². The normalized spacial score (nSPS) is 17.2. The minimum atomic E-state index is 0.419. The second-order valence-electron chi connectivity index (χ2n) is 4.74. The van der Waals surface area contributed by atoms with Crippen molar-refractivity contribution in [2.75, 3.05) is 39.8 Å². The van der Waals surface area contributed by atoms with E-state index in [1.54, 1.807) is 0 Å². The van der Waals surface area contributed by atoms with Crippen molar-refractivity contribution in [3.8, 4) is 11.8 Å². The molecule has 18 heavy (non-hydrogen) atoms. The van der Waals surface area contributed by atoms with Gasteiger partial charge in [0.2, 0.25) is 0 Å². The van der Waals surface area contributed by atoms with E-state index in [-0.39, 0.29) is 0 Å². The monoisotopic (exact) mass is 243 g/mol. The Kier molecular flexibility index (Phi) is 4.77. The van der Waals surface area contributed by atoms with Crippen LogP contribution in [0.4, 0.5) is 0 Å². The van der Waals surface area contributed by atoms with Gasteiger partial charge in [0.1, 0.15) is 0 Å². The molecule has 0 spiro atoms. The highest BCUT2D eigenvalue weighted by molar-refractivity contribution is 5.41. The zero-order valence-corrected chi connectivity index (χ0v) is 11.0. The number of hydrogen-bond acceptors (Lipinski definition) is 3. The first-order valence-corrected chi connectivity index (χ1v) is 6.47. The highest BCUT2D eigenvalue weighted by Crippen LogP contribution is 2.12. The van der Waals surface area contributed by atoms with Gasteiger partial charge >= 0.3 is 0 Å². The molecule has 2 rings (SSSR count). The highest BCUT2D eigenvalue weighted by atomic mass is 15.2. The molecule has 0 unspecified atom stereocenters. The summed E-state index contributed by atoms with van der Waals surface area (Å²) >= 11 is 0. The number of nitrogens with zero attached hydrogens (tertiary/aromatic N) is 2. The van der Waals surface area contributed by atoms with Gasteiger partial charge in [-0.2, -0.15) is 0 Å². The Hall–Kier alpha value is -1.34. The molecule has 0 atom stereocenters. The molecule has 1 heterocycles. The van der Waals surface area contributed by atoms with Crippen LogP contribution in [0.25, 0.3) is 0 Å². The van der Waals surface area contributed by atoms with E-state index in [0.29, 0.717) is 6.54 Å². The van der Waals surface area contributed by atoms with Crippen LogP contribution in [0.3, 0.4) is 0 Å². The van der Waals surface area contributed by atoms with Crippen molar-refractivity contribution in [3.05, 3.63) is 35.4 Å². The molecule has 3 nitrogen and oxygen atoms in total. The van der Waals surface area contributed by atoms with Gasteiger partial charge < -0.3 is 10.6 Å². The largest absolute Gasteiger partial charge is 0.320 e. The third kappa shape index (κ3) is 3.58. The second kappa shape index (κ2) is 6.55. The summed E-state index contributed by atoms with van der Waals surface area (Å²) in [6, 6.07) is 8.36. The molecule has 96 valence electrons. The maximum atomic E-state index is 5.44. The predicted molar refractivity (Wildman–Crippen MR) is 75.1 cm³/mol. The minimum absolute atomic E-state index is 0.419. The summed E-state index contributed by atoms with van der Waals surface area (Å²) in [5.41, 5.74) is 7.86. The Labute approximate surface area is 110 Å². The summed E-state index contributed by atoms with van der Waals surface area (Å²) in [6.45, 7) is 5.98. The fraction of sp³-hybridized carbons (Fsp3) is 0.467. The van der Waals surface area contributed by atoms with E-state index in [1.165, 1.54) is 5.56 Å². The van der Waals surface area contributed by atoms with E-state index in [1.807, 2.05) is 6.07 Å². The average molecular weight is 243 g/mol. The second-order valence-corrected chi connectivity index (χ2v) is 4.74. The summed E-state index contributed by atoms with van der Waals surface area (Å²) in [5, 5.41) is 0. The van der Waals surface area contributed by atoms with Crippen molar-refractivity contribution in [2.45, 2.75) is 6.54 Å². The number of hydrogen-bond donors (Lipinski definition) is 1. The summed E-state index contributed by atoms with van der Waals surface area (Å²) in [4.78, 5) is 4.86. The van der Waals surface area contributed by atoms with Crippen molar-refractivity contribution >= 4 is 0 Å². The van der Waals surface area contributed by atoms with Crippen LogP contribution in [0.1, 0.15) is 11.1 Å². The lowest BCUT2D eigenvalue weighted by Crippen LogP contribution is -2.43. The zero-order valence-electron chi connectivity index (χ0n) is 11.0. The number of nitrogens with two attached hydrogens (primary N) is 1. The smallest absolute Gasteiger partial charge is 0.0555 e. The Morgan fingerprint density at radius 3 is 2.61 bits per heavy atom. The van der Waals surface area contributed by atoms with Crippen molar-refractivity contribution in [3.63, 3.8) is 0 Å². The highest BCUT2D eigenvalue weighted by Gasteiger charge is 2.14. The third-order valence-electron chi connectivity index (χ3n) is 3.33. The van der Waals surface area contributed by atoms with Crippen LogP contribution in [-0.2, 0) is 6.54 Å². The van der Waals surface area contributed by atoms with Crippen LogP contribution in [0, 0.1) is 11.8 Å². The molecule has 1 aromatic carbocycles. The summed E-state index contributed by atoms with van der Waals surface area (Å²) < 4.78 is 0. The zero-order chi connectivity index (χ0) is 12.8. The van der Waals surface area contributed by atoms with Crippen LogP contribution < -0.4 is 5.73 Å². The Morgan fingerprint density at radius 1 is 1.17 bits per heavy atom. The minimum Gasteiger partial charge on any atom is -0.320 e. The Balaban J connectivity index is 2.04. The first-order chi connectivity index (χ1) is 8.79. The van der Waals surface area contributed by atoms with E-state index in [9.17, 15) is 0 Å². The van der Waals surface area contributed by atoms with Crippen molar-refractivity contribution in [1.82, 2.24) is 9.80 Å². The molecule has 0 bridgehead atoms. The standard InChI is InChI=1S/C15H21N3/c1-17-9-11-18(12-10-17)13-15-6-3-2-5-14(15)7-4-8-16/h2-3,5-6H,8-13,16H2,1H3. The summed E-state index contributed by atoms with van der Waals surface area (Å²) in [7, 11) is 2.18. The third-order valence-corrected chi connectivity index (χ3v) is 3.33. The predicted octanol–water partition coefficient (Wildman–Crippen LogP) is 0.744. The maximum Gasteiger partial charge on any atom is 0.0555 e. The number of piperazine rings is 1. The van der Waals surface area contributed by atoms with Gasteiger partial charge in [-0.1, -0.05) is 30.0 Å². The molecular formula is C15H21N3. The molecule has 3 heteroatoms. The van der Waals surface area contributed by atoms with Gasteiger partial charge in [0.25, 0.3) is 0 Å². The topological polar surface area (TPSA) is 32.5 Å². The lowest BCUT2D eigenvalue weighted by molar-refractivity contribution is 0.148. The molecular weight excluding hydrogens is 222 g/mol. The van der Waals surface area contributed by atoms with E-state index in [4.69, 9.17) is 5.73 Å². The quantitative estimate of drug-likeness (QED) is 0.778. The molecule has 1 aliphatic heterocycles. The summed E-state index contributed by atoms with van der Waals surface area (Å²) in [5.74, 6) is 6.10. The molecule has 2 N–H and O–H groups in total. The lowest BCUT2D eigenvalue weighted by atomic mass is 10.1. The number of rotatable bonds is 2. The van der Waals surface area contributed by atoms with E-state index >= 15 is 0 Å². The molecule has 1 saturated heterocycles. The van der Waals surface area contributed by atoms with E-state index < -0.39 is 0 Å². The average Bonchev–Trinajstić information content (AvgIpc) is 2.40. The first kappa shape index (κ1) is 13.1. The molecule has 0 aliphatic carbocycles. The number of likely N-dealkylation sites (N-methyl/N-ethyl adjacent to an activating group) is 1. The fourth-order valence-electron chi connectivity index (χ4n) is 2.17. The molecule has 0 radical (unpaired) electrons. The van der Waals surface area contributed by atoms with Gasteiger partial charge in [-0.05, 0) is 18.7 Å². The SMILES string of the molecule is CN1CCN(Cc2ccccc2C#CCN)CC1. The van der Waals surface area contributed by atoms with Crippen LogP contribution in [-0.4, -0.2) is 49.6 Å². The fourth-order valence-corrected chi connectivity index (χ4v) is 2.17. The Morgan fingerprint density at radius 2 is 1.89 bits per heavy atom. The number of benzene rings is 1. The van der Waals surface area contributed by atoms with Gasteiger partial charge in [0, 0.05) is 38.3 Å². The first-order valence-electron chi connectivity index (χ1n) is 6.47. The van der Waals surface area contributed by atoms with E-state index in [2.05, 4.69) is 46.9 Å². The van der Waals surface area contributed by atoms with Crippen LogP contribution in [0.5, 0.6) is 0 Å². The van der Waals surface area contributed by atoms with Crippen molar-refractivity contribution in [2.24, 2.45) is 5.73 Å². The van der Waals surface area contributed by atoms with Crippen molar-refractivity contribution < 1.29 is 0 Å². The molecule has 1 aromatic rings. The molecule has 0 aromatic heterocycles. The molecule has 0 saturated carbocycles. The van der Waals surface area contributed by atoms with Crippen LogP contribution in [0.15, 0.2) is 24.3 Å². The molecule has 0 amide bonds. The van der Waals surface area contributed by atoms with Gasteiger partial charge in [0.05, 0.1) is 6.54 Å². The van der Waals surface area contributed by atoms with Gasteiger partial charge in [-0.3, -0.25) is 4.90 Å². The molecule has 1 aliphatic rings. The van der Waals surface area contributed by atoms with Gasteiger partial charge in [-0.25, -0.2) is 0 Å². The maximum absolute atomic E-state index is 5.44. The Bertz CT molecular complexity index is 437. The molecule has 1 fully saturated rings. The van der Waals surface area contributed by atoms with Gasteiger partial charge in [0.15, 0.2) is 0 Å². The lowest BCUT2D eigenvalue weighted by Gasteiger charge is -2.32. The van der Waals surface area contributed by atoms with Crippen molar-refractivity contribution in [1.29, 1.82) is 0 Å². The summed E-state index contributed by atoms with van der Waals surface area (Å²) in [6.07, 6.45) is 0.